The van der Waals surface area contributed by atoms with Crippen LogP contribution in [0, 0.1) is 17.0 Å². The van der Waals surface area contributed by atoms with Gasteiger partial charge in [-0.15, -0.1) is 0 Å². The summed E-state index contributed by atoms with van der Waals surface area (Å²) in [5, 5.41) is 14.6. The van der Waals surface area contributed by atoms with Gasteiger partial charge in [0.15, 0.2) is 0 Å². The van der Waals surface area contributed by atoms with Crippen molar-refractivity contribution < 1.29 is 13.3 Å². The number of nitrogens with one attached hydrogen (secondary N) is 1. The van der Waals surface area contributed by atoms with Crippen molar-refractivity contribution in [1.29, 1.82) is 0 Å². The van der Waals surface area contributed by atoms with E-state index in [0.29, 0.717) is 11.3 Å². The lowest BCUT2D eigenvalue weighted by atomic mass is 10.1. The first-order valence-electron chi connectivity index (χ1n) is 6.67. The summed E-state index contributed by atoms with van der Waals surface area (Å²) in [5.41, 5.74) is 1.65. The maximum atomic E-state index is 12.1. The van der Waals surface area contributed by atoms with Crippen molar-refractivity contribution in [2.45, 2.75) is 18.7 Å². The zero-order valence-electron chi connectivity index (χ0n) is 12.6. The number of nitrogens with zero attached hydrogens (tertiary/aromatic N) is 2. The Hall–Kier alpha value is -2.74. The molecule has 2 aromatic carbocycles. The third-order valence-electron chi connectivity index (χ3n) is 3.14. The highest BCUT2D eigenvalue weighted by Crippen LogP contribution is 2.14. The number of benzene rings is 2. The minimum atomic E-state index is -3.78. The van der Waals surface area contributed by atoms with E-state index in [-0.39, 0.29) is 10.6 Å². The van der Waals surface area contributed by atoms with E-state index >= 15 is 0 Å². The van der Waals surface area contributed by atoms with Gasteiger partial charge in [0.05, 0.1) is 15.5 Å². The number of non-ortho nitro benzene ring substituents is 1. The maximum Gasteiger partial charge on any atom is 0.276 e. The summed E-state index contributed by atoms with van der Waals surface area (Å²) in [4.78, 5) is 12.5. The molecule has 23 heavy (non-hydrogen) atoms. The first kappa shape index (κ1) is 16.6. The van der Waals surface area contributed by atoms with Crippen LogP contribution in [0.15, 0.2) is 58.5 Å². The lowest BCUT2D eigenvalue weighted by Crippen LogP contribution is -2.20. The molecule has 0 spiro atoms. The van der Waals surface area contributed by atoms with Crippen molar-refractivity contribution in [3.63, 3.8) is 0 Å². The van der Waals surface area contributed by atoms with Gasteiger partial charge in [0.1, 0.15) is 0 Å². The Labute approximate surface area is 133 Å². The van der Waals surface area contributed by atoms with Crippen LogP contribution in [0.2, 0.25) is 0 Å². The topological polar surface area (TPSA) is 102 Å². The van der Waals surface area contributed by atoms with Crippen LogP contribution in [-0.2, 0) is 10.0 Å². The smallest absolute Gasteiger partial charge is 0.258 e. The predicted octanol–water partition coefficient (Wildman–Crippen LogP) is 2.61. The quantitative estimate of drug-likeness (QED) is 0.516. The molecule has 0 saturated heterocycles. The second-order valence-corrected chi connectivity index (χ2v) is 6.57. The second-order valence-electron chi connectivity index (χ2n) is 4.91. The molecule has 120 valence electrons. The summed E-state index contributed by atoms with van der Waals surface area (Å²) in [6, 6.07) is 12.2. The molecule has 0 saturated carbocycles. The molecule has 0 radical (unpaired) electrons. The molecule has 0 aliphatic rings. The van der Waals surface area contributed by atoms with E-state index in [2.05, 4.69) is 9.93 Å². The van der Waals surface area contributed by atoms with E-state index in [4.69, 9.17) is 0 Å². The van der Waals surface area contributed by atoms with Gasteiger partial charge in [-0.1, -0.05) is 29.8 Å². The summed E-state index contributed by atoms with van der Waals surface area (Å²) in [6.07, 6.45) is 0. The molecule has 0 aliphatic carbocycles. The molecule has 0 atom stereocenters. The third kappa shape index (κ3) is 4.13. The van der Waals surface area contributed by atoms with Gasteiger partial charge in [-0.25, -0.2) is 0 Å². The molecule has 2 aromatic rings. The lowest BCUT2D eigenvalue weighted by molar-refractivity contribution is -0.384. The van der Waals surface area contributed by atoms with Crippen LogP contribution in [-0.4, -0.2) is 19.1 Å². The van der Waals surface area contributed by atoms with E-state index in [0.717, 1.165) is 5.56 Å². The minimum absolute atomic E-state index is 0.0848. The van der Waals surface area contributed by atoms with Gasteiger partial charge in [-0.2, -0.15) is 18.4 Å². The highest BCUT2D eigenvalue weighted by Gasteiger charge is 2.13. The van der Waals surface area contributed by atoms with Crippen LogP contribution in [0.25, 0.3) is 0 Å². The molecular formula is C15H15N3O4S. The fraction of sp³-hybridized carbons (Fsp3) is 0.133. The average Bonchev–Trinajstić information content (AvgIpc) is 2.53. The Morgan fingerprint density at radius 1 is 1.17 bits per heavy atom. The van der Waals surface area contributed by atoms with Gasteiger partial charge in [0.25, 0.3) is 15.7 Å². The van der Waals surface area contributed by atoms with Crippen LogP contribution in [0.1, 0.15) is 18.1 Å². The zero-order valence-corrected chi connectivity index (χ0v) is 13.4. The summed E-state index contributed by atoms with van der Waals surface area (Å²) in [6.45, 7) is 3.42. The van der Waals surface area contributed by atoms with E-state index in [1.807, 2.05) is 6.92 Å². The Morgan fingerprint density at radius 2 is 1.83 bits per heavy atom. The highest BCUT2D eigenvalue weighted by atomic mass is 32.2. The molecule has 0 aromatic heterocycles. The number of aryl methyl sites for hydroxylation is 1. The van der Waals surface area contributed by atoms with Crippen LogP contribution in [0.5, 0.6) is 0 Å². The van der Waals surface area contributed by atoms with Gasteiger partial charge in [0, 0.05) is 17.7 Å². The number of rotatable bonds is 5. The van der Waals surface area contributed by atoms with Gasteiger partial charge in [-0.3, -0.25) is 10.1 Å². The van der Waals surface area contributed by atoms with Gasteiger partial charge >= 0.3 is 0 Å². The summed E-state index contributed by atoms with van der Waals surface area (Å²) >= 11 is 0. The molecule has 8 heteroatoms. The van der Waals surface area contributed by atoms with E-state index in [1.54, 1.807) is 25.1 Å². The largest absolute Gasteiger partial charge is 0.276 e. The first-order valence-corrected chi connectivity index (χ1v) is 8.15. The predicted molar refractivity (Wildman–Crippen MR) is 86.8 cm³/mol. The van der Waals surface area contributed by atoms with Crippen molar-refractivity contribution >= 4 is 21.4 Å². The molecule has 0 aliphatic heterocycles. The Kier molecular flexibility index (Phi) is 4.75. The van der Waals surface area contributed by atoms with Crippen molar-refractivity contribution in [1.82, 2.24) is 4.83 Å². The molecule has 0 heterocycles. The molecule has 0 amide bonds. The standard InChI is InChI=1S/C15H15N3O4S/c1-11-6-8-15(9-7-11)23(21,22)17-16-12(2)13-4-3-5-14(10-13)18(19)20/h3-10,17H,1-2H3/b16-12+. The van der Waals surface area contributed by atoms with Gasteiger partial charge in [-0.05, 0) is 26.0 Å². The zero-order chi connectivity index (χ0) is 17.0. The van der Waals surface area contributed by atoms with Gasteiger partial charge in [0.2, 0.25) is 0 Å². The van der Waals surface area contributed by atoms with Crippen LogP contribution < -0.4 is 4.83 Å². The molecule has 0 fully saturated rings. The average molecular weight is 333 g/mol. The normalized spacial score (nSPS) is 12.0. The number of hydrogen-bond acceptors (Lipinski definition) is 5. The minimum Gasteiger partial charge on any atom is -0.258 e. The number of nitro benzene ring substituents is 1. The Morgan fingerprint density at radius 3 is 2.43 bits per heavy atom. The summed E-state index contributed by atoms with van der Waals surface area (Å²) in [5.74, 6) is 0. The molecule has 1 N–H and O–H groups in total. The molecule has 0 bridgehead atoms. The van der Waals surface area contributed by atoms with Crippen molar-refractivity contribution in [3.05, 3.63) is 69.8 Å². The molecule has 2 rings (SSSR count). The Bertz CT molecular complexity index is 859. The van der Waals surface area contributed by atoms with E-state index < -0.39 is 14.9 Å². The summed E-state index contributed by atoms with van der Waals surface area (Å²) < 4.78 is 24.3. The molecule has 0 unspecified atom stereocenters. The third-order valence-corrected chi connectivity index (χ3v) is 4.36. The number of sulfonamides is 1. The Balaban J connectivity index is 2.23. The fourth-order valence-corrected chi connectivity index (χ4v) is 2.66. The van der Waals surface area contributed by atoms with Crippen LogP contribution in [0.3, 0.4) is 0 Å². The van der Waals surface area contributed by atoms with Crippen molar-refractivity contribution in [2.75, 3.05) is 0 Å². The van der Waals surface area contributed by atoms with Gasteiger partial charge < -0.3 is 0 Å². The van der Waals surface area contributed by atoms with E-state index in [9.17, 15) is 18.5 Å². The maximum absolute atomic E-state index is 12.1. The SMILES string of the molecule is C/C(=N\NS(=O)(=O)c1ccc(C)cc1)c1cccc([N+](=O)[O-])c1. The van der Waals surface area contributed by atoms with Crippen LogP contribution >= 0.6 is 0 Å². The van der Waals surface area contributed by atoms with Crippen molar-refractivity contribution in [3.8, 4) is 0 Å². The monoisotopic (exact) mass is 333 g/mol. The lowest BCUT2D eigenvalue weighted by Gasteiger charge is -2.06. The number of hydrazone groups is 1. The van der Waals surface area contributed by atoms with Crippen molar-refractivity contribution in [2.24, 2.45) is 5.10 Å². The molecule has 7 nitrogen and oxygen atoms in total. The number of hydrogen-bond donors (Lipinski definition) is 1. The summed E-state index contributed by atoms with van der Waals surface area (Å²) in [7, 11) is -3.78. The first-order chi connectivity index (χ1) is 10.8. The number of nitro groups is 1. The van der Waals surface area contributed by atoms with E-state index in [1.165, 1.54) is 30.3 Å². The molecular weight excluding hydrogens is 318 g/mol. The van der Waals surface area contributed by atoms with Crippen LogP contribution in [0.4, 0.5) is 5.69 Å². The fourth-order valence-electron chi connectivity index (χ4n) is 1.81. The second kappa shape index (κ2) is 6.57. The highest BCUT2D eigenvalue weighted by molar-refractivity contribution is 7.89.